The lowest BCUT2D eigenvalue weighted by molar-refractivity contribution is -0.671. The third kappa shape index (κ3) is 7.68. The van der Waals surface area contributed by atoms with Gasteiger partial charge in [0.1, 0.15) is 7.05 Å². The standard InChI is InChI=1S/C6H7N.C6H8N.C2H6/c1-6-3-2-4-7-5-6;1-7-5-3-2-4-6-7;1-2/h2-5H,1H3;2-6H,1H3;1-2H3/q;+1;. The Kier molecular flexibility index (Phi) is 8.79. The van der Waals surface area contributed by atoms with Crippen molar-refractivity contribution < 1.29 is 4.57 Å². The van der Waals surface area contributed by atoms with E-state index in [1.54, 1.807) is 6.20 Å². The molecule has 2 aromatic rings. The van der Waals surface area contributed by atoms with E-state index in [0.29, 0.717) is 0 Å². The molecule has 0 aliphatic carbocycles. The topological polar surface area (TPSA) is 16.8 Å². The number of hydrogen-bond acceptors (Lipinski definition) is 1. The molecular formula is C14H21N2+. The minimum absolute atomic E-state index is 1.21. The summed E-state index contributed by atoms with van der Waals surface area (Å²) in [7, 11) is 2.00. The molecular weight excluding hydrogens is 196 g/mol. The minimum atomic E-state index is 1.21. The van der Waals surface area contributed by atoms with Crippen LogP contribution in [0.25, 0.3) is 0 Å². The fourth-order valence-electron chi connectivity index (χ4n) is 0.933. The SMILES string of the molecule is CC.C[n+]1ccccc1.Cc1cccnc1. The summed E-state index contributed by atoms with van der Waals surface area (Å²) in [6.07, 6.45) is 7.60. The van der Waals surface area contributed by atoms with Crippen molar-refractivity contribution >= 4 is 0 Å². The summed E-state index contributed by atoms with van der Waals surface area (Å²) in [5.41, 5.74) is 1.21. The normalized spacial score (nSPS) is 8.00. The van der Waals surface area contributed by atoms with E-state index >= 15 is 0 Å². The first kappa shape index (κ1) is 14.3. The molecule has 0 amide bonds. The molecule has 0 N–H and O–H groups in total. The Morgan fingerprint density at radius 3 is 1.88 bits per heavy atom. The highest BCUT2D eigenvalue weighted by Gasteiger charge is 1.78. The second-order valence-corrected chi connectivity index (χ2v) is 3.07. The van der Waals surface area contributed by atoms with Gasteiger partial charge in [-0.15, -0.1) is 0 Å². The molecule has 0 atom stereocenters. The summed E-state index contributed by atoms with van der Waals surface area (Å²) in [4.78, 5) is 3.88. The maximum absolute atomic E-state index is 3.88. The van der Waals surface area contributed by atoms with Crippen LogP contribution in [0.1, 0.15) is 19.4 Å². The average Bonchev–Trinajstić information content (AvgIpc) is 2.34. The molecule has 0 spiro atoms. The lowest BCUT2D eigenvalue weighted by Crippen LogP contribution is -2.25. The van der Waals surface area contributed by atoms with Crippen LogP contribution in [0.2, 0.25) is 0 Å². The lowest BCUT2D eigenvalue weighted by atomic mass is 10.3. The zero-order valence-electron chi connectivity index (χ0n) is 10.6. The van der Waals surface area contributed by atoms with Crippen molar-refractivity contribution in [1.29, 1.82) is 0 Å². The molecule has 0 fully saturated rings. The van der Waals surface area contributed by atoms with Gasteiger partial charge in [-0.25, -0.2) is 4.57 Å². The van der Waals surface area contributed by atoms with Gasteiger partial charge in [0.05, 0.1) is 0 Å². The van der Waals surface area contributed by atoms with Crippen LogP contribution < -0.4 is 4.57 Å². The monoisotopic (exact) mass is 217 g/mol. The van der Waals surface area contributed by atoms with E-state index in [4.69, 9.17) is 0 Å². The summed E-state index contributed by atoms with van der Waals surface area (Å²) in [6.45, 7) is 6.02. The van der Waals surface area contributed by atoms with Gasteiger partial charge in [0.15, 0.2) is 12.4 Å². The minimum Gasteiger partial charge on any atom is -0.264 e. The Labute approximate surface area is 98.6 Å². The van der Waals surface area contributed by atoms with Crippen LogP contribution in [0.5, 0.6) is 0 Å². The van der Waals surface area contributed by atoms with Gasteiger partial charge in [0.2, 0.25) is 0 Å². The maximum Gasteiger partial charge on any atom is 0.168 e. The molecule has 0 radical (unpaired) electrons. The van der Waals surface area contributed by atoms with Crippen molar-refractivity contribution in [3.63, 3.8) is 0 Å². The fraction of sp³-hybridized carbons (Fsp3) is 0.286. The molecule has 0 saturated heterocycles. The number of hydrogen-bond donors (Lipinski definition) is 0. The Balaban J connectivity index is 0.000000244. The molecule has 0 aliphatic heterocycles. The van der Waals surface area contributed by atoms with Crippen molar-refractivity contribution in [3.05, 3.63) is 60.7 Å². The number of aromatic nitrogens is 2. The largest absolute Gasteiger partial charge is 0.264 e. The van der Waals surface area contributed by atoms with E-state index in [-0.39, 0.29) is 0 Å². The van der Waals surface area contributed by atoms with Crippen LogP contribution in [0.3, 0.4) is 0 Å². The smallest absolute Gasteiger partial charge is 0.168 e. The average molecular weight is 217 g/mol. The van der Waals surface area contributed by atoms with Gasteiger partial charge in [-0.05, 0) is 18.6 Å². The summed E-state index contributed by atoms with van der Waals surface area (Å²) in [5.74, 6) is 0. The van der Waals surface area contributed by atoms with E-state index in [0.717, 1.165) is 0 Å². The molecule has 0 aromatic carbocycles. The summed E-state index contributed by atoms with van der Waals surface area (Å²) < 4.78 is 2.00. The second-order valence-electron chi connectivity index (χ2n) is 3.07. The van der Waals surface area contributed by atoms with Crippen molar-refractivity contribution in [2.75, 3.05) is 0 Å². The molecule has 0 unspecified atom stereocenters. The van der Waals surface area contributed by atoms with Crippen LogP contribution >= 0.6 is 0 Å². The first-order valence-corrected chi connectivity index (χ1v) is 5.56. The van der Waals surface area contributed by atoms with Crippen molar-refractivity contribution in [3.8, 4) is 0 Å². The number of rotatable bonds is 0. The third-order valence-electron chi connectivity index (χ3n) is 1.67. The Hall–Kier alpha value is -1.70. The molecule has 2 heterocycles. The van der Waals surface area contributed by atoms with Gasteiger partial charge in [-0.2, -0.15) is 0 Å². The number of pyridine rings is 2. The molecule has 0 bridgehead atoms. The van der Waals surface area contributed by atoms with Crippen LogP contribution in [0.15, 0.2) is 55.1 Å². The van der Waals surface area contributed by atoms with Gasteiger partial charge < -0.3 is 0 Å². The highest BCUT2D eigenvalue weighted by Crippen LogP contribution is 1.88. The molecule has 16 heavy (non-hydrogen) atoms. The highest BCUT2D eigenvalue weighted by atomic mass is 14.9. The van der Waals surface area contributed by atoms with Gasteiger partial charge in [-0.1, -0.05) is 26.0 Å². The first-order valence-electron chi connectivity index (χ1n) is 5.56. The van der Waals surface area contributed by atoms with E-state index in [9.17, 15) is 0 Å². The first-order chi connectivity index (χ1) is 7.79. The predicted molar refractivity (Wildman–Crippen MR) is 67.9 cm³/mol. The lowest BCUT2D eigenvalue weighted by Gasteiger charge is -1.82. The summed E-state index contributed by atoms with van der Waals surface area (Å²) >= 11 is 0. The molecule has 2 rings (SSSR count). The van der Waals surface area contributed by atoms with Crippen molar-refractivity contribution in [2.24, 2.45) is 7.05 Å². The number of aryl methyl sites for hydroxylation is 2. The van der Waals surface area contributed by atoms with E-state index in [1.807, 2.05) is 81.3 Å². The van der Waals surface area contributed by atoms with Crippen LogP contribution in [-0.2, 0) is 7.05 Å². The zero-order chi connectivity index (χ0) is 12.2. The molecule has 2 nitrogen and oxygen atoms in total. The van der Waals surface area contributed by atoms with Gasteiger partial charge in [-0.3, -0.25) is 4.98 Å². The molecule has 2 heteroatoms. The Bertz CT molecular complexity index is 306. The summed E-state index contributed by atoms with van der Waals surface area (Å²) in [6, 6.07) is 9.95. The van der Waals surface area contributed by atoms with E-state index in [2.05, 4.69) is 4.98 Å². The highest BCUT2D eigenvalue weighted by molar-refractivity contribution is 5.04. The third-order valence-corrected chi connectivity index (χ3v) is 1.67. The second kappa shape index (κ2) is 9.84. The number of nitrogens with zero attached hydrogens (tertiary/aromatic N) is 2. The van der Waals surface area contributed by atoms with Crippen LogP contribution in [-0.4, -0.2) is 4.98 Å². The van der Waals surface area contributed by atoms with E-state index in [1.165, 1.54) is 5.56 Å². The molecule has 2 aromatic heterocycles. The Morgan fingerprint density at radius 1 is 1.00 bits per heavy atom. The quantitative estimate of drug-likeness (QED) is 0.620. The summed E-state index contributed by atoms with van der Waals surface area (Å²) in [5, 5.41) is 0. The fourth-order valence-corrected chi connectivity index (χ4v) is 0.933. The van der Waals surface area contributed by atoms with Crippen molar-refractivity contribution in [2.45, 2.75) is 20.8 Å². The van der Waals surface area contributed by atoms with Crippen molar-refractivity contribution in [1.82, 2.24) is 4.98 Å². The van der Waals surface area contributed by atoms with Gasteiger partial charge in [0, 0.05) is 24.5 Å². The van der Waals surface area contributed by atoms with E-state index < -0.39 is 0 Å². The zero-order valence-corrected chi connectivity index (χ0v) is 10.6. The predicted octanol–water partition coefficient (Wildman–Crippen LogP) is 2.93. The molecule has 0 aliphatic rings. The Morgan fingerprint density at radius 2 is 1.62 bits per heavy atom. The molecule has 86 valence electrons. The van der Waals surface area contributed by atoms with Gasteiger partial charge >= 0.3 is 0 Å². The molecule has 0 saturated carbocycles. The van der Waals surface area contributed by atoms with Crippen LogP contribution in [0, 0.1) is 6.92 Å². The van der Waals surface area contributed by atoms with Crippen LogP contribution in [0.4, 0.5) is 0 Å². The maximum atomic E-state index is 3.88. The van der Waals surface area contributed by atoms with Gasteiger partial charge in [0.25, 0.3) is 0 Å².